The zero-order chi connectivity index (χ0) is 18.3. The first-order valence-electron chi connectivity index (χ1n) is 8.23. The fourth-order valence-electron chi connectivity index (χ4n) is 2.87. The summed E-state index contributed by atoms with van der Waals surface area (Å²) in [5, 5.41) is 8.09. The maximum absolute atomic E-state index is 11.9. The van der Waals surface area contributed by atoms with Crippen LogP contribution in [-0.4, -0.2) is 45.0 Å². The largest absolute Gasteiger partial charge is 0.493 e. The smallest absolute Gasteiger partial charge is 0.238 e. The fraction of sp³-hybridized carbons (Fsp3) is 0.562. The Morgan fingerprint density at radius 3 is 2.64 bits per heavy atom. The van der Waals surface area contributed by atoms with Crippen LogP contribution >= 0.6 is 11.8 Å². The van der Waals surface area contributed by atoms with Crippen molar-refractivity contribution in [3.05, 3.63) is 24.3 Å². The first-order valence-corrected chi connectivity index (χ1v) is 10.9. The van der Waals surface area contributed by atoms with Gasteiger partial charge in [-0.15, -0.1) is 11.8 Å². The third kappa shape index (κ3) is 6.50. The average molecular weight is 388 g/mol. The summed E-state index contributed by atoms with van der Waals surface area (Å²) in [5.41, 5.74) is 5.71. The summed E-state index contributed by atoms with van der Waals surface area (Å²) in [6.45, 7) is 1.05. The van der Waals surface area contributed by atoms with Gasteiger partial charge in [-0.25, -0.2) is 13.6 Å². The van der Waals surface area contributed by atoms with E-state index in [1.165, 1.54) is 23.9 Å². The number of benzene rings is 1. The van der Waals surface area contributed by atoms with E-state index < -0.39 is 10.0 Å². The van der Waals surface area contributed by atoms with Gasteiger partial charge in [0.2, 0.25) is 15.9 Å². The topological polar surface area (TPSA) is 125 Å². The molecule has 2 unspecified atom stereocenters. The first kappa shape index (κ1) is 20.0. The van der Waals surface area contributed by atoms with Crippen LogP contribution in [0.15, 0.2) is 29.2 Å². The number of sulfonamides is 1. The highest BCUT2D eigenvalue weighted by molar-refractivity contribution is 7.99. The monoisotopic (exact) mass is 387 g/mol. The lowest BCUT2D eigenvalue weighted by Crippen LogP contribution is -2.40. The number of thioether (sulfide) groups is 1. The summed E-state index contributed by atoms with van der Waals surface area (Å²) in [4.78, 5) is 12.0. The minimum atomic E-state index is -3.69. The lowest BCUT2D eigenvalue weighted by Gasteiger charge is -2.19. The van der Waals surface area contributed by atoms with Crippen molar-refractivity contribution in [2.45, 2.75) is 30.2 Å². The zero-order valence-electron chi connectivity index (χ0n) is 14.0. The number of primary sulfonamides is 1. The Balaban J connectivity index is 1.62. The average Bonchev–Trinajstić information content (AvgIpc) is 3.01. The second-order valence-electron chi connectivity index (χ2n) is 6.02. The molecular formula is C16H25N3O4S2. The molecule has 5 N–H and O–H groups in total. The van der Waals surface area contributed by atoms with E-state index in [2.05, 4.69) is 5.32 Å². The van der Waals surface area contributed by atoms with E-state index in [1.807, 2.05) is 0 Å². The van der Waals surface area contributed by atoms with Crippen LogP contribution in [-0.2, 0) is 14.8 Å². The molecule has 0 saturated heterocycles. The Kier molecular flexibility index (Phi) is 7.55. The molecule has 9 heteroatoms. The van der Waals surface area contributed by atoms with Gasteiger partial charge in [0.15, 0.2) is 0 Å². The molecule has 1 aromatic carbocycles. The van der Waals surface area contributed by atoms with Gasteiger partial charge in [0, 0.05) is 11.8 Å². The van der Waals surface area contributed by atoms with Gasteiger partial charge in [0.1, 0.15) is 5.75 Å². The van der Waals surface area contributed by atoms with Gasteiger partial charge in [-0.2, -0.15) is 0 Å². The zero-order valence-corrected chi connectivity index (χ0v) is 15.7. The lowest BCUT2D eigenvalue weighted by molar-refractivity contribution is -0.119. The second kappa shape index (κ2) is 9.42. The number of rotatable bonds is 9. The number of nitrogens with two attached hydrogens (primary N) is 2. The van der Waals surface area contributed by atoms with Gasteiger partial charge in [-0.1, -0.05) is 6.42 Å². The van der Waals surface area contributed by atoms with Crippen molar-refractivity contribution in [3.63, 3.8) is 0 Å². The van der Waals surface area contributed by atoms with E-state index in [9.17, 15) is 13.2 Å². The summed E-state index contributed by atoms with van der Waals surface area (Å²) < 4.78 is 27.8. The first-order chi connectivity index (χ1) is 11.9. The highest BCUT2D eigenvalue weighted by Gasteiger charge is 2.27. The Hall–Kier alpha value is -1.29. The molecule has 0 heterocycles. The van der Waals surface area contributed by atoms with Crippen LogP contribution in [0.25, 0.3) is 0 Å². The highest BCUT2D eigenvalue weighted by Crippen LogP contribution is 2.24. The van der Waals surface area contributed by atoms with Gasteiger partial charge in [0.05, 0.1) is 17.3 Å². The van der Waals surface area contributed by atoms with Crippen LogP contribution in [0.4, 0.5) is 0 Å². The third-order valence-electron chi connectivity index (χ3n) is 4.19. The lowest BCUT2D eigenvalue weighted by atomic mass is 10.0. The molecule has 1 fully saturated rings. The standard InChI is InChI=1S/C16H25N3O4S2/c17-10-12-2-1-3-15(12)19-16(20)11-24-9-8-23-13-4-6-14(7-5-13)25(18,21)22/h4-7,12,15H,1-3,8-11,17H2,(H,19,20)(H2,18,21,22). The van der Waals surface area contributed by atoms with E-state index in [1.54, 1.807) is 12.1 Å². The molecule has 1 amide bonds. The van der Waals surface area contributed by atoms with Crippen molar-refractivity contribution >= 4 is 27.7 Å². The van der Waals surface area contributed by atoms with Gasteiger partial charge in [0.25, 0.3) is 0 Å². The van der Waals surface area contributed by atoms with Crippen molar-refractivity contribution < 1.29 is 17.9 Å². The predicted octanol–water partition coefficient (Wildman–Crippen LogP) is 0.690. The summed E-state index contributed by atoms with van der Waals surface area (Å²) >= 11 is 1.50. The number of amides is 1. The van der Waals surface area contributed by atoms with Crippen molar-refractivity contribution in [2.24, 2.45) is 16.8 Å². The van der Waals surface area contributed by atoms with E-state index in [-0.39, 0.29) is 16.8 Å². The van der Waals surface area contributed by atoms with Gasteiger partial charge < -0.3 is 15.8 Å². The molecule has 2 rings (SSSR count). The molecule has 25 heavy (non-hydrogen) atoms. The Morgan fingerprint density at radius 2 is 2.00 bits per heavy atom. The van der Waals surface area contributed by atoms with Crippen molar-refractivity contribution in [3.8, 4) is 5.75 Å². The molecule has 1 aliphatic rings. The SMILES string of the molecule is NCC1CCCC1NC(=O)CSCCOc1ccc(S(N)(=O)=O)cc1. The van der Waals surface area contributed by atoms with Crippen LogP contribution < -0.4 is 20.9 Å². The molecule has 7 nitrogen and oxygen atoms in total. The number of nitrogens with one attached hydrogen (secondary N) is 1. The third-order valence-corrected chi connectivity index (χ3v) is 6.04. The summed E-state index contributed by atoms with van der Waals surface area (Å²) in [5.74, 6) is 2.05. The minimum Gasteiger partial charge on any atom is -0.493 e. The Bertz CT molecular complexity index is 664. The van der Waals surface area contributed by atoms with Gasteiger partial charge >= 0.3 is 0 Å². The summed E-state index contributed by atoms with van der Waals surface area (Å²) in [7, 11) is -3.69. The number of ether oxygens (including phenoxy) is 1. The van der Waals surface area contributed by atoms with Crippen LogP contribution in [0.1, 0.15) is 19.3 Å². The number of carbonyl (C=O) groups is 1. The van der Waals surface area contributed by atoms with Gasteiger partial charge in [-0.3, -0.25) is 4.79 Å². The maximum atomic E-state index is 11.9. The quantitative estimate of drug-likeness (QED) is 0.536. The Morgan fingerprint density at radius 1 is 1.28 bits per heavy atom. The van der Waals surface area contributed by atoms with E-state index in [0.29, 0.717) is 36.3 Å². The Labute approximate surface area is 152 Å². The predicted molar refractivity (Wildman–Crippen MR) is 99.0 cm³/mol. The molecule has 1 aromatic rings. The molecule has 0 aromatic heterocycles. The van der Waals surface area contributed by atoms with Crippen LogP contribution in [0.2, 0.25) is 0 Å². The van der Waals surface area contributed by atoms with Crippen LogP contribution in [0, 0.1) is 5.92 Å². The highest BCUT2D eigenvalue weighted by atomic mass is 32.2. The molecule has 1 aliphatic carbocycles. The molecule has 2 atom stereocenters. The van der Waals surface area contributed by atoms with Crippen molar-refractivity contribution in [1.82, 2.24) is 5.32 Å². The second-order valence-corrected chi connectivity index (χ2v) is 8.68. The molecule has 1 saturated carbocycles. The van der Waals surface area contributed by atoms with E-state index in [0.717, 1.165) is 19.3 Å². The minimum absolute atomic E-state index is 0.0351. The number of carbonyl (C=O) groups excluding carboxylic acids is 1. The molecule has 0 radical (unpaired) electrons. The summed E-state index contributed by atoms with van der Waals surface area (Å²) in [6.07, 6.45) is 3.22. The van der Waals surface area contributed by atoms with Crippen LogP contribution in [0.5, 0.6) is 5.75 Å². The van der Waals surface area contributed by atoms with Crippen molar-refractivity contribution in [1.29, 1.82) is 0 Å². The van der Waals surface area contributed by atoms with Gasteiger partial charge in [-0.05, 0) is 49.6 Å². The normalized spacial score (nSPS) is 20.4. The maximum Gasteiger partial charge on any atom is 0.238 e. The molecule has 0 bridgehead atoms. The van der Waals surface area contributed by atoms with Crippen molar-refractivity contribution in [2.75, 3.05) is 24.7 Å². The number of hydrogen-bond donors (Lipinski definition) is 3. The summed E-state index contributed by atoms with van der Waals surface area (Å²) in [6, 6.07) is 6.14. The van der Waals surface area contributed by atoms with E-state index >= 15 is 0 Å². The molecule has 140 valence electrons. The molecular weight excluding hydrogens is 362 g/mol. The van der Waals surface area contributed by atoms with Crippen LogP contribution in [0.3, 0.4) is 0 Å². The fourth-order valence-corrected chi connectivity index (χ4v) is 4.00. The molecule has 0 spiro atoms. The number of hydrogen-bond acceptors (Lipinski definition) is 6. The van der Waals surface area contributed by atoms with E-state index in [4.69, 9.17) is 15.6 Å². The molecule has 0 aliphatic heterocycles.